The Bertz CT molecular complexity index is 1020. The summed E-state index contributed by atoms with van der Waals surface area (Å²) in [5.41, 5.74) is 1.88. The number of anilines is 1. The summed E-state index contributed by atoms with van der Waals surface area (Å²) in [6, 6.07) is 11.9. The minimum absolute atomic E-state index is 0.00189. The maximum atomic E-state index is 13.3. The van der Waals surface area contributed by atoms with Gasteiger partial charge in [0.1, 0.15) is 5.75 Å². The molecule has 1 atom stereocenters. The monoisotopic (exact) mass is 416 g/mol. The molecule has 7 nitrogen and oxygen atoms in total. The lowest BCUT2D eigenvalue weighted by Gasteiger charge is -2.20. The Labute approximate surface area is 170 Å². The lowest BCUT2D eigenvalue weighted by Crippen LogP contribution is -2.32. The molecular weight excluding hydrogens is 392 g/mol. The Kier molecular flexibility index (Phi) is 5.47. The third kappa shape index (κ3) is 3.82. The van der Waals surface area contributed by atoms with Crippen molar-refractivity contribution in [2.45, 2.75) is 30.3 Å². The Morgan fingerprint density at radius 1 is 1.28 bits per heavy atom. The zero-order valence-electron chi connectivity index (χ0n) is 16.3. The van der Waals surface area contributed by atoms with Gasteiger partial charge in [0.25, 0.3) is 15.9 Å². The van der Waals surface area contributed by atoms with Gasteiger partial charge >= 0.3 is 0 Å². The topological polar surface area (TPSA) is 84.9 Å². The number of rotatable bonds is 6. The van der Waals surface area contributed by atoms with Crippen molar-refractivity contribution in [1.82, 2.24) is 5.32 Å². The van der Waals surface area contributed by atoms with Gasteiger partial charge in [-0.25, -0.2) is 8.42 Å². The van der Waals surface area contributed by atoms with Crippen molar-refractivity contribution in [2.75, 3.05) is 31.1 Å². The van der Waals surface area contributed by atoms with E-state index >= 15 is 0 Å². The second-order valence-corrected chi connectivity index (χ2v) is 9.03. The number of sulfonamides is 1. The molecule has 0 aromatic heterocycles. The molecule has 29 heavy (non-hydrogen) atoms. The molecule has 0 radical (unpaired) electrons. The van der Waals surface area contributed by atoms with E-state index in [1.54, 1.807) is 6.07 Å². The number of nitrogens with zero attached hydrogens (tertiary/aromatic N) is 1. The van der Waals surface area contributed by atoms with E-state index < -0.39 is 10.0 Å². The molecule has 0 aliphatic carbocycles. The molecule has 0 spiro atoms. The van der Waals surface area contributed by atoms with Crippen molar-refractivity contribution >= 4 is 21.6 Å². The predicted molar refractivity (Wildman–Crippen MR) is 109 cm³/mol. The summed E-state index contributed by atoms with van der Waals surface area (Å²) < 4.78 is 38.8. The average molecular weight is 416 g/mol. The lowest BCUT2D eigenvalue weighted by molar-refractivity contribution is 0.0855. The van der Waals surface area contributed by atoms with Crippen molar-refractivity contribution in [3.05, 3.63) is 53.6 Å². The van der Waals surface area contributed by atoms with Gasteiger partial charge < -0.3 is 14.8 Å². The van der Waals surface area contributed by atoms with Gasteiger partial charge in [-0.1, -0.05) is 18.2 Å². The van der Waals surface area contributed by atoms with Crippen LogP contribution in [-0.2, 0) is 21.2 Å². The van der Waals surface area contributed by atoms with Crippen molar-refractivity contribution in [3.8, 4) is 5.75 Å². The molecule has 4 rings (SSSR count). The van der Waals surface area contributed by atoms with E-state index in [9.17, 15) is 13.2 Å². The highest BCUT2D eigenvalue weighted by molar-refractivity contribution is 7.92. The van der Waals surface area contributed by atoms with Crippen molar-refractivity contribution in [2.24, 2.45) is 0 Å². The van der Waals surface area contributed by atoms with Gasteiger partial charge in [0.05, 0.1) is 29.4 Å². The van der Waals surface area contributed by atoms with Crippen LogP contribution < -0.4 is 14.4 Å². The number of methoxy groups -OCH3 is 1. The molecule has 2 aliphatic heterocycles. The fourth-order valence-electron chi connectivity index (χ4n) is 3.82. The van der Waals surface area contributed by atoms with E-state index in [-0.39, 0.29) is 22.5 Å². The predicted octanol–water partition coefficient (Wildman–Crippen LogP) is 2.36. The highest BCUT2D eigenvalue weighted by atomic mass is 32.2. The first-order valence-corrected chi connectivity index (χ1v) is 11.1. The summed E-state index contributed by atoms with van der Waals surface area (Å²) in [4.78, 5) is 12.8. The average Bonchev–Trinajstić information content (AvgIpc) is 3.41. The molecule has 1 N–H and O–H groups in total. The molecule has 8 heteroatoms. The third-order valence-corrected chi connectivity index (χ3v) is 7.17. The number of hydrogen-bond donors (Lipinski definition) is 1. The van der Waals surface area contributed by atoms with Crippen LogP contribution in [-0.4, -0.2) is 47.2 Å². The normalized spacial score (nSPS) is 18.5. The largest absolute Gasteiger partial charge is 0.496 e. The molecule has 2 aromatic rings. The SMILES string of the molecule is COc1ccc(S(=O)(=O)N2CCc3ccccc32)cc1C(=O)NCC1CCCO1. The molecule has 0 bridgehead atoms. The van der Waals surface area contributed by atoms with Crippen LogP contribution >= 0.6 is 0 Å². The standard InChI is InChI=1S/C21H24N2O5S/c1-27-20-9-8-17(13-18(20)21(24)22-14-16-6-4-12-28-16)29(25,26)23-11-10-15-5-2-3-7-19(15)23/h2-3,5,7-9,13,16H,4,6,10-12,14H2,1H3,(H,22,24). The highest BCUT2D eigenvalue weighted by Crippen LogP contribution is 2.33. The summed E-state index contributed by atoms with van der Waals surface area (Å²) in [7, 11) is -2.34. The maximum absolute atomic E-state index is 13.3. The number of para-hydroxylation sites is 1. The van der Waals surface area contributed by atoms with Crippen molar-refractivity contribution in [3.63, 3.8) is 0 Å². The summed E-state index contributed by atoms with van der Waals surface area (Å²) in [6.07, 6.45) is 2.55. The number of benzene rings is 2. The third-order valence-electron chi connectivity index (χ3n) is 5.36. The van der Waals surface area contributed by atoms with E-state index in [2.05, 4.69) is 5.32 Å². The smallest absolute Gasteiger partial charge is 0.264 e. The van der Waals surface area contributed by atoms with Crippen LogP contribution in [0.15, 0.2) is 47.4 Å². The second kappa shape index (κ2) is 8.04. The van der Waals surface area contributed by atoms with Crippen LogP contribution in [0.3, 0.4) is 0 Å². The second-order valence-electron chi connectivity index (χ2n) is 7.16. The number of carbonyl (C=O) groups is 1. The number of nitrogens with one attached hydrogen (secondary N) is 1. The van der Waals surface area contributed by atoms with Gasteiger partial charge in [-0.2, -0.15) is 0 Å². The van der Waals surface area contributed by atoms with E-state index in [1.165, 1.54) is 29.6 Å². The Hall–Kier alpha value is -2.58. The highest BCUT2D eigenvalue weighted by Gasteiger charge is 2.31. The van der Waals surface area contributed by atoms with Crippen molar-refractivity contribution < 1.29 is 22.7 Å². The molecule has 1 saturated heterocycles. The van der Waals surface area contributed by atoms with Crippen LogP contribution in [0.4, 0.5) is 5.69 Å². The molecule has 1 amide bonds. The van der Waals surface area contributed by atoms with Gasteiger partial charge in [-0.3, -0.25) is 9.10 Å². The zero-order chi connectivity index (χ0) is 20.4. The minimum atomic E-state index is -3.79. The fourth-order valence-corrected chi connectivity index (χ4v) is 5.35. The van der Waals surface area contributed by atoms with E-state index in [0.717, 1.165) is 18.4 Å². The Balaban J connectivity index is 1.61. The van der Waals surface area contributed by atoms with Gasteiger partial charge in [0, 0.05) is 19.7 Å². The van der Waals surface area contributed by atoms with Crippen LogP contribution in [0.5, 0.6) is 5.75 Å². The first-order chi connectivity index (χ1) is 14.0. The Morgan fingerprint density at radius 2 is 2.10 bits per heavy atom. The molecule has 1 fully saturated rings. The number of hydrogen-bond acceptors (Lipinski definition) is 5. The van der Waals surface area contributed by atoms with Gasteiger partial charge in [0.15, 0.2) is 0 Å². The number of fused-ring (bicyclic) bond motifs is 1. The maximum Gasteiger partial charge on any atom is 0.264 e. The van der Waals surface area contributed by atoms with E-state index in [0.29, 0.717) is 37.6 Å². The molecule has 1 unspecified atom stereocenters. The molecular formula is C21H24N2O5S. The first kappa shape index (κ1) is 19.7. The number of carbonyl (C=O) groups excluding carboxylic acids is 1. The zero-order valence-corrected chi connectivity index (χ0v) is 17.1. The fraction of sp³-hybridized carbons (Fsp3) is 0.381. The Morgan fingerprint density at radius 3 is 2.86 bits per heavy atom. The minimum Gasteiger partial charge on any atom is -0.496 e. The first-order valence-electron chi connectivity index (χ1n) is 9.69. The molecule has 2 heterocycles. The van der Waals surface area contributed by atoms with Crippen molar-refractivity contribution in [1.29, 1.82) is 0 Å². The summed E-state index contributed by atoms with van der Waals surface area (Å²) in [5, 5.41) is 2.83. The molecule has 154 valence electrons. The van der Waals surface area contributed by atoms with Crippen LogP contribution in [0, 0.1) is 0 Å². The van der Waals surface area contributed by atoms with E-state index in [1.807, 2.05) is 18.2 Å². The summed E-state index contributed by atoms with van der Waals surface area (Å²) in [5.74, 6) is -0.0492. The van der Waals surface area contributed by atoms with Crippen LogP contribution in [0.1, 0.15) is 28.8 Å². The summed E-state index contributed by atoms with van der Waals surface area (Å²) in [6.45, 7) is 1.47. The lowest BCUT2D eigenvalue weighted by atomic mass is 10.1. The van der Waals surface area contributed by atoms with E-state index in [4.69, 9.17) is 9.47 Å². The number of ether oxygens (including phenoxy) is 2. The quantitative estimate of drug-likeness (QED) is 0.781. The van der Waals surface area contributed by atoms with Crippen LogP contribution in [0.2, 0.25) is 0 Å². The molecule has 2 aromatic carbocycles. The molecule has 0 saturated carbocycles. The molecule has 2 aliphatic rings. The van der Waals surface area contributed by atoms with Gasteiger partial charge in [-0.15, -0.1) is 0 Å². The van der Waals surface area contributed by atoms with Gasteiger partial charge in [0.2, 0.25) is 0 Å². The summed E-state index contributed by atoms with van der Waals surface area (Å²) >= 11 is 0. The number of amides is 1. The van der Waals surface area contributed by atoms with Gasteiger partial charge in [-0.05, 0) is 49.1 Å². The van der Waals surface area contributed by atoms with Crippen LogP contribution in [0.25, 0.3) is 0 Å².